The lowest BCUT2D eigenvalue weighted by atomic mass is 9.95. The van der Waals surface area contributed by atoms with Gasteiger partial charge in [0.15, 0.2) is 11.8 Å². The molecule has 29 heavy (non-hydrogen) atoms. The van der Waals surface area contributed by atoms with Crippen molar-refractivity contribution in [1.82, 2.24) is 14.9 Å². The third kappa shape index (κ3) is 6.13. The number of aliphatic imine (C=N–C) groups is 1. The van der Waals surface area contributed by atoms with E-state index in [1.54, 1.807) is 6.20 Å². The van der Waals surface area contributed by atoms with E-state index in [1.165, 1.54) is 17.3 Å². The zero-order chi connectivity index (χ0) is 20.6. The Morgan fingerprint density at radius 3 is 2.90 bits per heavy atom. The van der Waals surface area contributed by atoms with E-state index < -0.39 is 12.3 Å². The van der Waals surface area contributed by atoms with Crippen molar-refractivity contribution in [2.24, 2.45) is 16.6 Å². The predicted octanol–water partition coefficient (Wildman–Crippen LogP) is 2.75. The minimum Gasteiger partial charge on any atom is -0.445 e. The molecule has 3 rings (SSSR count). The Morgan fingerprint density at radius 2 is 2.21 bits per heavy atom. The molecule has 0 spiro atoms. The highest BCUT2D eigenvalue weighted by molar-refractivity contribution is 5.91. The SMILES string of the molecule is Cc1ccc(COC(=O)N2CC[C@H](CN=C(N)Nc3cnccn3)[C@H](F)C2)cc1.[HH]. The smallest absolute Gasteiger partial charge is 0.410 e. The number of rotatable bonds is 5. The maximum absolute atomic E-state index is 14.5. The minimum absolute atomic E-state index is 0. The summed E-state index contributed by atoms with van der Waals surface area (Å²) >= 11 is 0. The first-order valence-corrected chi connectivity index (χ1v) is 9.45. The van der Waals surface area contributed by atoms with Crippen LogP contribution in [0, 0.1) is 12.8 Å². The molecule has 1 aromatic heterocycles. The number of halogens is 1. The third-order valence-corrected chi connectivity index (χ3v) is 4.73. The number of aromatic nitrogens is 2. The number of likely N-dealkylation sites (tertiary alicyclic amines) is 1. The number of alkyl halides is 1. The average molecular weight is 402 g/mol. The maximum Gasteiger partial charge on any atom is 0.410 e. The van der Waals surface area contributed by atoms with Crippen LogP contribution in [-0.2, 0) is 11.3 Å². The van der Waals surface area contributed by atoms with E-state index >= 15 is 0 Å². The van der Waals surface area contributed by atoms with E-state index in [1.807, 2.05) is 31.2 Å². The lowest BCUT2D eigenvalue weighted by Crippen LogP contribution is -2.46. The molecule has 2 atom stereocenters. The Balaban J connectivity index is 0.00000320. The highest BCUT2D eigenvalue weighted by Gasteiger charge is 2.32. The van der Waals surface area contributed by atoms with Crippen LogP contribution in [0.5, 0.6) is 0 Å². The van der Waals surface area contributed by atoms with Gasteiger partial charge in [-0.3, -0.25) is 9.98 Å². The van der Waals surface area contributed by atoms with Crippen LogP contribution in [0.3, 0.4) is 0 Å². The summed E-state index contributed by atoms with van der Waals surface area (Å²) in [6.45, 7) is 2.80. The first-order valence-electron chi connectivity index (χ1n) is 9.45. The fourth-order valence-electron chi connectivity index (χ4n) is 3.00. The van der Waals surface area contributed by atoms with Crippen LogP contribution in [0.25, 0.3) is 0 Å². The molecule has 2 heterocycles. The number of ether oxygens (including phenoxy) is 1. The Labute approximate surface area is 170 Å². The van der Waals surface area contributed by atoms with Crippen molar-refractivity contribution in [3.63, 3.8) is 0 Å². The van der Waals surface area contributed by atoms with Crippen LogP contribution >= 0.6 is 0 Å². The maximum atomic E-state index is 14.5. The summed E-state index contributed by atoms with van der Waals surface area (Å²) in [5.41, 5.74) is 7.85. The van der Waals surface area contributed by atoms with Gasteiger partial charge in [0.05, 0.1) is 12.7 Å². The number of nitrogens with one attached hydrogen (secondary N) is 1. The summed E-state index contributed by atoms with van der Waals surface area (Å²) in [5.74, 6) is 0.313. The number of carbonyl (C=O) groups is 1. The van der Waals surface area contributed by atoms with Crippen molar-refractivity contribution in [1.29, 1.82) is 0 Å². The van der Waals surface area contributed by atoms with Gasteiger partial charge in [0.25, 0.3) is 0 Å². The number of aryl methyl sites for hydroxylation is 1. The molecule has 1 aromatic carbocycles. The molecule has 1 fully saturated rings. The molecule has 3 N–H and O–H groups in total. The number of anilines is 1. The van der Waals surface area contributed by atoms with Gasteiger partial charge >= 0.3 is 6.09 Å². The fraction of sp³-hybridized carbons (Fsp3) is 0.400. The molecule has 156 valence electrons. The molecule has 1 aliphatic rings. The number of guanidine groups is 1. The Morgan fingerprint density at radius 1 is 1.41 bits per heavy atom. The van der Waals surface area contributed by atoms with Crippen molar-refractivity contribution < 1.29 is 15.3 Å². The monoisotopic (exact) mass is 402 g/mol. The molecule has 2 aromatic rings. The number of nitrogens with zero attached hydrogens (tertiary/aromatic N) is 4. The highest BCUT2D eigenvalue weighted by atomic mass is 19.1. The van der Waals surface area contributed by atoms with Gasteiger partial charge in [0.1, 0.15) is 12.8 Å². The number of piperidine rings is 1. The number of amides is 1. The molecule has 8 nitrogen and oxygen atoms in total. The van der Waals surface area contributed by atoms with Gasteiger partial charge in [0, 0.05) is 32.8 Å². The van der Waals surface area contributed by atoms with Gasteiger partial charge < -0.3 is 20.7 Å². The van der Waals surface area contributed by atoms with Crippen molar-refractivity contribution in [3.8, 4) is 0 Å². The molecule has 0 radical (unpaired) electrons. The van der Waals surface area contributed by atoms with Crippen LogP contribution in [0.1, 0.15) is 19.0 Å². The highest BCUT2D eigenvalue weighted by Crippen LogP contribution is 2.22. The Bertz CT molecular complexity index is 837. The van der Waals surface area contributed by atoms with Gasteiger partial charge in [-0.2, -0.15) is 0 Å². The molecule has 0 bridgehead atoms. The van der Waals surface area contributed by atoms with E-state index in [2.05, 4.69) is 20.3 Å². The summed E-state index contributed by atoms with van der Waals surface area (Å²) in [7, 11) is 0. The molecule has 1 saturated heterocycles. The molecular formula is C20H27FN6O2. The number of carbonyl (C=O) groups excluding carboxylic acids is 1. The lowest BCUT2D eigenvalue weighted by Gasteiger charge is -2.33. The predicted molar refractivity (Wildman–Crippen MR) is 110 cm³/mol. The molecule has 0 saturated carbocycles. The Hall–Kier alpha value is -3.23. The number of hydrogen-bond acceptors (Lipinski definition) is 5. The first kappa shape index (κ1) is 20.5. The van der Waals surface area contributed by atoms with Gasteiger partial charge in [-0.15, -0.1) is 0 Å². The third-order valence-electron chi connectivity index (χ3n) is 4.73. The summed E-state index contributed by atoms with van der Waals surface area (Å²) in [4.78, 5) is 25.8. The van der Waals surface area contributed by atoms with Crippen LogP contribution in [-0.4, -0.2) is 52.7 Å². The van der Waals surface area contributed by atoms with E-state index in [0.29, 0.717) is 18.8 Å². The zero-order valence-electron chi connectivity index (χ0n) is 16.3. The normalized spacial score (nSPS) is 19.7. The second-order valence-corrected chi connectivity index (χ2v) is 6.99. The van der Waals surface area contributed by atoms with E-state index in [9.17, 15) is 9.18 Å². The van der Waals surface area contributed by atoms with Crippen LogP contribution in [0.2, 0.25) is 0 Å². The molecule has 9 heteroatoms. The standard InChI is InChI=1S/C20H25FN6O2.H2/c1-14-2-4-15(5-3-14)13-29-20(28)27-9-6-16(17(21)12-27)10-25-19(22)26-18-11-23-7-8-24-18;/h2-5,7-8,11,16-17H,6,9-10,12-13H2,1H3,(H3,22,24,25,26);1H/t16-,17-;/m1./s1. The first-order chi connectivity index (χ1) is 14.0. The lowest BCUT2D eigenvalue weighted by molar-refractivity contribution is 0.0537. The molecule has 1 aliphatic heterocycles. The van der Waals surface area contributed by atoms with Crippen LogP contribution in [0.4, 0.5) is 15.0 Å². The van der Waals surface area contributed by atoms with Gasteiger partial charge in [-0.1, -0.05) is 29.8 Å². The van der Waals surface area contributed by atoms with Gasteiger partial charge in [-0.05, 0) is 18.9 Å². The van der Waals surface area contributed by atoms with E-state index in [0.717, 1.165) is 11.1 Å². The summed E-state index contributed by atoms with van der Waals surface area (Å²) in [5, 5.41) is 2.81. The van der Waals surface area contributed by atoms with Crippen molar-refractivity contribution in [2.45, 2.75) is 26.1 Å². The van der Waals surface area contributed by atoms with Crippen LogP contribution < -0.4 is 11.1 Å². The average Bonchev–Trinajstić information content (AvgIpc) is 2.73. The van der Waals surface area contributed by atoms with Crippen LogP contribution in [0.15, 0.2) is 47.8 Å². The summed E-state index contributed by atoms with van der Waals surface area (Å²) in [6, 6.07) is 7.73. The number of benzene rings is 1. The largest absolute Gasteiger partial charge is 0.445 e. The summed E-state index contributed by atoms with van der Waals surface area (Å²) < 4.78 is 19.8. The minimum atomic E-state index is -1.19. The van der Waals surface area contributed by atoms with E-state index in [-0.39, 0.29) is 33.0 Å². The molecule has 0 unspecified atom stereocenters. The topological polar surface area (TPSA) is 106 Å². The second kappa shape index (κ2) is 9.81. The van der Waals surface area contributed by atoms with Gasteiger partial charge in [-0.25, -0.2) is 14.2 Å². The number of hydrogen-bond donors (Lipinski definition) is 2. The van der Waals surface area contributed by atoms with E-state index in [4.69, 9.17) is 10.5 Å². The fourth-order valence-corrected chi connectivity index (χ4v) is 3.00. The van der Waals surface area contributed by atoms with Crippen molar-refractivity contribution in [2.75, 3.05) is 25.0 Å². The van der Waals surface area contributed by atoms with Gasteiger partial charge in [0.2, 0.25) is 0 Å². The zero-order valence-corrected chi connectivity index (χ0v) is 16.3. The molecule has 0 aliphatic carbocycles. The quantitative estimate of drug-likeness (QED) is 0.588. The summed E-state index contributed by atoms with van der Waals surface area (Å²) in [6.07, 6.45) is 3.39. The van der Waals surface area contributed by atoms with Crippen molar-refractivity contribution in [3.05, 3.63) is 54.0 Å². The molecular weight excluding hydrogens is 375 g/mol. The Kier molecular flexibility index (Phi) is 6.94. The second-order valence-electron chi connectivity index (χ2n) is 6.99. The molecule has 1 amide bonds. The van der Waals surface area contributed by atoms with Crippen molar-refractivity contribution >= 4 is 17.9 Å². The number of nitrogens with two attached hydrogens (primary N) is 1.